The summed E-state index contributed by atoms with van der Waals surface area (Å²) in [4.78, 5) is 25.3. The molecule has 30 heavy (non-hydrogen) atoms. The van der Waals surface area contributed by atoms with Crippen molar-refractivity contribution in [1.82, 2.24) is 10.6 Å². The van der Waals surface area contributed by atoms with Crippen molar-refractivity contribution in [3.8, 4) is 11.5 Å². The number of fused-ring (bicyclic) bond motifs is 1. The highest BCUT2D eigenvalue weighted by atomic mass is 16.7. The van der Waals surface area contributed by atoms with Crippen molar-refractivity contribution < 1.29 is 19.1 Å². The number of hydrogen-bond donors (Lipinski definition) is 2. The van der Waals surface area contributed by atoms with E-state index in [0.717, 1.165) is 11.1 Å². The lowest BCUT2D eigenvalue weighted by Gasteiger charge is -2.19. The highest BCUT2D eigenvalue weighted by molar-refractivity contribution is 5.94. The van der Waals surface area contributed by atoms with Crippen LogP contribution in [0.2, 0.25) is 0 Å². The van der Waals surface area contributed by atoms with E-state index in [1.807, 2.05) is 66.7 Å². The van der Waals surface area contributed by atoms with E-state index in [1.165, 1.54) is 0 Å². The summed E-state index contributed by atoms with van der Waals surface area (Å²) in [7, 11) is 0. The van der Waals surface area contributed by atoms with Crippen LogP contribution in [0.1, 0.15) is 33.9 Å². The Hall–Kier alpha value is -3.80. The maximum Gasteiger partial charge on any atom is 0.251 e. The van der Waals surface area contributed by atoms with Gasteiger partial charge in [-0.05, 0) is 35.4 Å². The maximum absolute atomic E-state index is 12.6. The molecule has 1 atom stereocenters. The van der Waals surface area contributed by atoms with Crippen LogP contribution in [0, 0.1) is 0 Å². The highest BCUT2D eigenvalue weighted by Gasteiger charge is 2.19. The third kappa shape index (κ3) is 4.78. The monoisotopic (exact) mass is 402 g/mol. The molecule has 0 radical (unpaired) electrons. The van der Waals surface area contributed by atoms with E-state index >= 15 is 0 Å². The first-order chi connectivity index (χ1) is 14.7. The van der Waals surface area contributed by atoms with Crippen LogP contribution in [-0.2, 0) is 11.3 Å². The Labute approximate surface area is 174 Å². The molecule has 1 heterocycles. The molecule has 4 rings (SSSR count). The Kier molecular flexibility index (Phi) is 5.94. The normalized spacial score (nSPS) is 12.8. The summed E-state index contributed by atoms with van der Waals surface area (Å²) in [5.74, 6) is 1.01. The molecule has 2 N–H and O–H groups in total. The van der Waals surface area contributed by atoms with Gasteiger partial charge in [0.2, 0.25) is 12.7 Å². The number of nitrogens with one attached hydrogen (secondary N) is 2. The molecule has 152 valence electrons. The lowest BCUT2D eigenvalue weighted by Crippen LogP contribution is -2.33. The first-order valence-electron chi connectivity index (χ1n) is 9.75. The Morgan fingerprint density at radius 3 is 2.33 bits per heavy atom. The fraction of sp³-hybridized carbons (Fsp3) is 0.167. The van der Waals surface area contributed by atoms with E-state index < -0.39 is 6.04 Å². The first-order valence-corrected chi connectivity index (χ1v) is 9.75. The molecule has 1 aliphatic heterocycles. The summed E-state index contributed by atoms with van der Waals surface area (Å²) in [6.45, 7) is 0.578. The van der Waals surface area contributed by atoms with E-state index in [2.05, 4.69) is 10.6 Å². The Morgan fingerprint density at radius 1 is 0.867 bits per heavy atom. The minimum atomic E-state index is -0.435. The molecular formula is C24H22N2O4. The second kappa shape index (κ2) is 9.13. The molecular weight excluding hydrogens is 380 g/mol. The topological polar surface area (TPSA) is 76.7 Å². The standard InChI is InChI=1S/C24H22N2O4/c27-23(25-15-17-11-12-21-22(13-17)30-16-29-21)14-20(18-7-3-1-4-8-18)26-24(28)19-9-5-2-6-10-19/h1-13,20H,14-16H2,(H,25,27)(H,26,28)/t20-/m0/s1. The minimum absolute atomic E-state index is 0.132. The SMILES string of the molecule is O=C(C[C@H](NC(=O)c1ccccc1)c1ccccc1)NCc1ccc2c(c1)OCO2. The van der Waals surface area contributed by atoms with E-state index in [4.69, 9.17) is 9.47 Å². The minimum Gasteiger partial charge on any atom is -0.454 e. The highest BCUT2D eigenvalue weighted by Crippen LogP contribution is 2.32. The van der Waals surface area contributed by atoms with E-state index in [-0.39, 0.29) is 25.0 Å². The number of benzene rings is 3. The molecule has 0 aliphatic carbocycles. The number of amides is 2. The molecule has 3 aromatic rings. The van der Waals surface area contributed by atoms with E-state index in [9.17, 15) is 9.59 Å². The van der Waals surface area contributed by atoms with Gasteiger partial charge in [-0.15, -0.1) is 0 Å². The zero-order valence-corrected chi connectivity index (χ0v) is 16.3. The number of rotatable bonds is 7. The largest absolute Gasteiger partial charge is 0.454 e. The van der Waals surface area contributed by atoms with Crippen molar-refractivity contribution in [1.29, 1.82) is 0 Å². The maximum atomic E-state index is 12.6. The Balaban J connectivity index is 1.41. The second-order valence-corrected chi connectivity index (χ2v) is 6.97. The summed E-state index contributed by atoms with van der Waals surface area (Å²) in [6.07, 6.45) is 0.132. The average Bonchev–Trinajstić information content (AvgIpc) is 3.26. The lowest BCUT2D eigenvalue weighted by molar-refractivity contribution is -0.121. The molecule has 0 spiro atoms. The Bertz CT molecular complexity index is 1020. The molecule has 0 aromatic heterocycles. The second-order valence-electron chi connectivity index (χ2n) is 6.97. The average molecular weight is 402 g/mol. The van der Waals surface area contributed by atoms with Crippen LogP contribution in [0.3, 0.4) is 0 Å². The van der Waals surface area contributed by atoms with Gasteiger partial charge in [-0.3, -0.25) is 9.59 Å². The number of carbonyl (C=O) groups is 2. The predicted molar refractivity (Wildman–Crippen MR) is 112 cm³/mol. The molecule has 3 aromatic carbocycles. The van der Waals surface area contributed by atoms with Gasteiger partial charge in [0.05, 0.1) is 12.5 Å². The zero-order valence-electron chi connectivity index (χ0n) is 16.3. The number of hydrogen-bond acceptors (Lipinski definition) is 4. The van der Waals surface area contributed by atoms with Gasteiger partial charge in [-0.25, -0.2) is 0 Å². The van der Waals surface area contributed by atoms with E-state index in [0.29, 0.717) is 23.6 Å². The quantitative estimate of drug-likeness (QED) is 0.633. The fourth-order valence-corrected chi connectivity index (χ4v) is 3.28. The third-order valence-corrected chi connectivity index (χ3v) is 4.86. The molecule has 2 amide bonds. The first kappa shape index (κ1) is 19.5. The van der Waals surface area contributed by atoms with Crippen LogP contribution in [0.25, 0.3) is 0 Å². The molecule has 0 saturated carbocycles. The molecule has 6 nitrogen and oxygen atoms in total. The van der Waals surface area contributed by atoms with Crippen molar-refractivity contribution in [2.75, 3.05) is 6.79 Å². The van der Waals surface area contributed by atoms with Crippen LogP contribution in [0.5, 0.6) is 11.5 Å². The van der Waals surface area contributed by atoms with Gasteiger partial charge < -0.3 is 20.1 Å². The molecule has 0 unspecified atom stereocenters. The smallest absolute Gasteiger partial charge is 0.251 e. The van der Waals surface area contributed by atoms with Gasteiger partial charge in [-0.2, -0.15) is 0 Å². The van der Waals surface area contributed by atoms with Crippen LogP contribution < -0.4 is 20.1 Å². The summed E-state index contributed by atoms with van der Waals surface area (Å²) >= 11 is 0. The number of ether oxygens (including phenoxy) is 2. The van der Waals surface area contributed by atoms with Crippen LogP contribution >= 0.6 is 0 Å². The predicted octanol–water partition coefficient (Wildman–Crippen LogP) is 3.59. The van der Waals surface area contributed by atoms with E-state index in [1.54, 1.807) is 12.1 Å². The lowest BCUT2D eigenvalue weighted by atomic mass is 10.0. The van der Waals surface area contributed by atoms with Gasteiger partial charge >= 0.3 is 0 Å². The van der Waals surface area contributed by atoms with Crippen molar-refractivity contribution in [3.63, 3.8) is 0 Å². The van der Waals surface area contributed by atoms with Gasteiger partial charge in [0.1, 0.15) is 0 Å². The molecule has 6 heteroatoms. The van der Waals surface area contributed by atoms with Crippen molar-refractivity contribution >= 4 is 11.8 Å². The number of carbonyl (C=O) groups excluding carboxylic acids is 2. The summed E-state index contributed by atoms with van der Waals surface area (Å²) in [5.41, 5.74) is 2.34. The van der Waals surface area contributed by atoms with Gasteiger partial charge in [0.25, 0.3) is 5.91 Å². The summed E-state index contributed by atoms with van der Waals surface area (Å²) < 4.78 is 10.7. The fourth-order valence-electron chi connectivity index (χ4n) is 3.28. The molecule has 0 fully saturated rings. The summed E-state index contributed by atoms with van der Waals surface area (Å²) in [5, 5.41) is 5.89. The summed E-state index contributed by atoms with van der Waals surface area (Å²) in [6, 6.07) is 23.6. The molecule has 0 bridgehead atoms. The van der Waals surface area contributed by atoms with Crippen LogP contribution in [-0.4, -0.2) is 18.6 Å². The van der Waals surface area contributed by atoms with Crippen molar-refractivity contribution in [2.24, 2.45) is 0 Å². The van der Waals surface area contributed by atoms with Gasteiger partial charge in [0, 0.05) is 12.1 Å². The van der Waals surface area contributed by atoms with Crippen LogP contribution in [0.15, 0.2) is 78.9 Å². The van der Waals surface area contributed by atoms with Crippen LogP contribution in [0.4, 0.5) is 0 Å². The van der Waals surface area contributed by atoms with Gasteiger partial charge in [-0.1, -0.05) is 54.6 Å². The third-order valence-electron chi connectivity index (χ3n) is 4.86. The Morgan fingerprint density at radius 2 is 1.57 bits per heavy atom. The van der Waals surface area contributed by atoms with Gasteiger partial charge in [0.15, 0.2) is 11.5 Å². The van der Waals surface area contributed by atoms with Crippen molar-refractivity contribution in [2.45, 2.75) is 19.0 Å². The van der Waals surface area contributed by atoms with Crippen molar-refractivity contribution in [3.05, 3.63) is 95.6 Å². The zero-order chi connectivity index (χ0) is 20.8. The molecule has 0 saturated heterocycles. The molecule has 1 aliphatic rings.